The Labute approximate surface area is 96.0 Å². The lowest BCUT2D eigenvalue weighted by molar-refractivity contribution is -0.116. The maximum Gasteiger partial charge on any atom is 0.153 e. The van der Waals surface area contributed by atoms with E-state index in [0.29, 0.717) is 23.8 Å². The van der Waals surface area contributed by atoms with Crippen molar-refractivity contribution in [2.75, 3.05) is 18.0 Å². The number of benzene rings is 1. The zero-order valence-electron chi connectivity index (χ0n) is 7.46. The van der Waals surface area contributed by atoms with Crippen LogP contribution in [0.3, 0.4) is 0 Å². The first kappa shape index (κ1) is 9.99. The van der Waals surface area contributed by atoms with Crippen molar-refractivity contribution < 1.29 is 4.79 Å². The third-order valence-corrected chi connectivity index (χ3v) is 3.15. The van der Waals surface area contributed by atoms with Gasteiger partial charge in [0.2, 0.25) is 0 Å². The van der Waals surface area contributed by atoms with E-state index in [4.69, 9.17) is 11.6 Å². The second-order valence-corrected chi connectivity index (χ2v) is 4.60. The summed E-state index contributed by atoms with van der Waals surface area (Å²) in [4.78, 5) is 13.2. The fraction of sp³-hybridized carbons (Fsp3) is 0.300. The van der Waals surface area contributed by atoms with E-state index in [0.717, 1.165) is 16.7 Å². The van der Waals surface area contributed by atoms with Crippen LogP contribution in [-0.2, 0) is 4.79 Å². The molecule has 0 amide bonds. The van der Waals surface area contributed by atoms with Crippen molar-refractivity contribution >= 4 is 39.0 Å². The highest BCUT2D eigenvalue weighted by Crippen LogP contribution is 2.30. The summed E-state index contributed by atoms with van der Waals surface area (Å²) in [5.74, 6) is 0.298. The van der Waals surface area contributed by atoms with Crippen molar-refractivity contribution in [2.45, 2.75) is 6.42 Å². The quantitative estimate of drug-likeness (QED) is 0.785. The predicted molar refractivity (Wildman–Crippen MR) is 61.0 cm³/mol. The van der Waals surface area contributed by atoms with E-state index < -0.39 is 0 Å². The second kappa shape index (κ2) is 3.91. The molecule has 0 spiro atoms. The first-order valence-corrected chi connectivity index (χ1v) is 5.55. The monoisotopic (exact) mass is 273 g/mol. The number of ketones is 1. The molecular formula is C10H9BrClNO. The molecule has 0 bridgehead atoms. The summed E-state index contributed by atoms with van der Waals surface area (Å²) in [6, 6.07) is 5.62. The van der Waals surface area contributed by atoms with Gasteiger partial charge >= 0.3 is 0 Å². The third kappa shape index (κ3) is 1.93. The highest BCUT2D eigenvalue weighted by molar-refractivity contribution is 9.10. The maximum absolute atomic E-state index is 11.1. The minimum absolute atomic E-state index is 0.298. The number of carbonyl (C=O) groups excluding carboxylic acids is 1. The first-order valence-electron chi connectivity index (χ1n) is 4.38. The summed E-state index contributed by atoms with van der Waals surface area (Å²) in [6.45, 7) is 1.32. The van der Waals surface area contributed by atoms with Gasteiger partial charge in [-0.1, -0.05) is 11.6 Å². The lowest BCUT2D eigenvalue weighted by Crippen LogP contribution is -2.19. The number of nitrogens with zero attached hydrogens (tertiary/aromatic N) is 1. The average molecular weight is 275 g/mol. The Balaban J connectivity index is 2.28. The SMILES string of the molecule is O=C1CCN(c2ccc(Cl)cc2Br)C1. The Morgan fingerprint density at radius 2 is 2.21 bits per heavy atom. The summed E-state index contributed by atoms with van der Waals surface area (Å²) in [5, 5.41) is 0.700. The molecule has 4 heteroatoms. The number of hydrogen-bond acceptors (Lipinski definition) is 2. The molecule has 14 heavy (non-hydrogen) atoms. The Hall–Kier alpha value is -0.540. The standard InChI is InChI=1S/C10H9BrClNO/c11-9-5-7(12)1-2-10(9)13-4-3-8(14)6-13/h1-2,5H,3-4,6H2. The summed E-state index contributed by atoms with van der Waals surface area (Å²) in [7, 11) is 0. The van der Waals surface area contributed by atoms with E-state index in [1.807, 2.05) is 18.2 Å². The summed E-state index contributed by atoms with van der Waals surface area (Å²) in [6.07, 6.45) is 0.648. The molecule has 74 valence electrons. The van der Waals surface area contributed by atoms with Gasteiger partial charge < -0.3 is 4.90 Å². The van der Waals surface area contributed by atoms with Crippen molar-refractivity contribution in [1.29, 1.82) is 0 Å². The number of anilines is 1. The Bertz CT molecular complexity index is 380. The molecule has 0 radical (unpaired) electrons. The van der Waals surface area contributed by atoms with Crippen molar-refractivity contribution in [3.8, 4) is 0 Å². The first-order chi connectivity index (χ1) is 6.66. The third-order valence-electron chi connectivity index (χ3n) is 2.28. The number of Topliss-reactive ketones (excluding diaryl/α,β-unsaturated/α-hetero) is 1. The molecule has 0 aromatic heterocycles. The molecule has 1 fully saturated rings. The van der Waals surface area contributed by atoms with E-state index in [2.05, 4.69) is 20.8 Å². The van der Waals surface area contributed by atoms with Crippen LogP contribution in [0.4, 0.5) is 5.69 Å². The van der Waals surface area contributed by atoms with E-state index in [1.165, 1.54) is 0 Å². The van der Waals surface area contributed by atoms with Crippen molar-refractivity contribution in [3.63, 3.8) is 0 Å². The minimum Gasteiger partial charge on any atom is -0.363 e. The van der Waals surface area contributed by atoms with Crippen LogP contribution in [0.15, 0.2) is 22.7 Å². The van der Waals surface area contributed by atoms with Gasteiger partial charge in [0.1, 0.15) is 0 Å². The van der Waals surface area contributed by atoms with Gasteiger partial charge in [-0.15, -0.1) is 0 Å². The lowest BCUT2D eigenvalue weighted by Gasteiger charge is -2.18. The van der Waals surface area contributed by atoms with Crippen LogP contribution in [0.2, 0.25) is 5.02 Å². The molecule has 0 unspecified atom stereocenters. The molecule has 2 nitrogen and oxygen atoms in total. The van der Waals surface area contributed by atoms with Crippen LogP contribution < -0.4 is 4.90 Å². The van der Waals surface area contributed by atoms with Crippen LogP contribution in [0.5, 0.6) is 0 Å². The van der Waals surface area contributed by atoms with Gasteiger partial charge in [-0.25, -0.2) is 0 Å². The molecule has 0 aliphatic carbocycles. The Morgan fingerprint density at radius 1 is 1.43 bits per heavy atom. The van der Waals surface area contributed by atoms with Gasteiger partial charge in [0, 0.05) is 22.5 Å². The molecule has 1 aliphatic heterocycles. The molecule has 2 rings (SSSR count). The smallest absolute Gasteiger partial charge is 0.153 e. The molecule has 0 atom stereocenters. The average Bonchev–Trinajstić information content (AvgIpc) is 2.51. The van der Waals surface area contributed by atoms with E-state index in [9.17, 15) is 4.79 Å². The number of rotatable bonds is 1. The molecule has 1 saturated heterocycles. The molecule has 0 N–H and O–H groups in total. The normalized spacial score (nSPS) is 16.4. The highest BCUT2D eigenvalue weighted by Gasteiger charge is 2.20. The summed E-state index contributed by atoms with van der Waals surface area (Å²) < 4.78 is 0.944. The molecule has 1 heterocycles. The molecule has 1 aromatic carbocycles. The molecule has 1 aliphatic rings. The van der Waals surface area contributed by atoms with Crippen LogP contribution >= 0.6 is 27.5 Å². The minimum atomic E-state index is 0.298. The second-order valence-electron chi connectivity index (χ2n) is 3.31. The van der Waals surface area contributed by atoms with Crippen LogP contribution in [0.1, 0.15) is 6.42 Å². The number of hydrogen-bond donors (Lipinski definition) is 0. The van der Waals surface area contributed by atoms with Gasteiger partial charge in [-0.3, -0.25) is 4.79 Å². The van der Waals surface area contributed by atoms with Crippen molar-refractivity contribution in [3.05, 3.63) is 27.7 Å². The largest absolute Gasteiger partial charge is 0.363 e. The molecule has 0 saturated carbocycles. The van der Waals surface area contributed by atoms with Gasteiger partial charge in [-0.05, 0) is 34.1 Å². The van der Waals surface area contributed by atoms with Gasteiger partial charge in [0.25, 0.3) is 0 Å². The molecular weight excluding hydrogens is 265 g/mol. The number of halogens is 2. The number of carbonyl (C=O) groups is 1. The van der Waals surface area contributed by atoms with Crippen molar-refractivity contribution in [2.24, 2.45) is 0 Å². The predicted octanol–water partition coefficient (Wildman–Crippen LogP) is 2.88. The lowest BCUT2D eigenvalue weighted by atomic mass is 10.3. The van der Waals surface area contributed by atoms with E-state index >= 15 is 0 Å². The summed E-state index contributed by atoms with van der Waals surface area (Å²) in [5.41, 5.74) is 1.04. The van der Waals surface area contributed by atoms with Crippen LogP contribution in [0.25, 0.3) is 0 Å². The highest BCUT2D eigenvalue weighted by atomic mass is 79.9. The van der Waals surface area contributed by atoms with Gasteiger partial charge in [-0.2, -0.15) is 0 Å². The fourth-order valence-corrected chi connectivity index (χ4v) is 2.51. The Morgan fingerprint density at radius 3 is 2.79 bits per heavy atom. The molecule has 1 aromatic rings. The van der Waals surface area contributed by atoms with Crippen LogP contribution in [0, 0.1) is 0 Å². The van der Waals surface area contributed by atoms with Gasteiger partial charge in [0.15, 0.2) is 5.78 Å². The van der Waals surface area contributed by atoms with E-state index in [-0.39, 0.29) is 0 Å². The van der Waals surface area contributed by atoms with Gasteiger partial charge in [0.05, 0.1) is 12.2 Å². The fourth-order valence-electron chi connectivity index (χ4n) is 1.57. The van der Waals surface area contributed by atoms with Crippen molar-refractivity contribution in [1.82, 2.24) is 0 Å². The topological polar surface area (TPSA) is 20.3 Å². The Kier molecular flexibility index (Phi) is 2.79. The zero-order chi connectivity index (χ0) is 10.1. The zero-order valence-corrected chi connectivity index (χ0v) is 9.81. The maximum atomic E-state index is 11.1. The van der Waals surface area contributed by atoms with E-state index in [1.54, 1.807) is 0 Å². The summed E-state index contributed by atoms with van der Waals surface area (Å²) >= 11 is 9.28. The van der Waals surface area contributed by atoms with Crippen LogP contribution in [-0.4, -0.2) is 18.9 Å².